The molecule has 4 fully saturated rings. The van der Waals surface area contributed by atoms with Gasteiger partial charge in [0.05, 0.1) is 32.8 Å². The second kappa shape index (κ2) is 15.1. The summed E-state index contributed by atoms with van der Waals surface area (Å²) in [6.45, 7) is 7.88. The molecule has 3 atom stereocenters. The van der Waals surface area contributed by atoms with E-state index >= 15 is 0 Å². The average molecular weight is 847 g/mol. The third-order valence-electron chi connectivity index (χ3n) is 16.1. The number of para-hydroxylation sites is 1. The van der Waals surface area contributed by atoms with Crippen LogP contribution < -0.4 is 19.7 Å². The van der Waals surface area contributed by atoms with Crippen LogP contribution in [0.4, 0.5) is 14.5 Å². The molecule has 11 nitrogen and oxygen atoms in total. The quantitative estimate of drug-likeness (QED) is 0.183. The lowest BCUT2D eigenvalue weighted by Crippen LogP contribution is -2.52. The Bertz CT molecular complexity index is 2450. The molecule has 1 aromatic heterocycles. The van der Waals surface area contributed by atoms with Gasteiger partial charge in [-0.05, 0) is 106 Å². The Morgan fingerprint density at radius 1 is 0.952 bits per heavy atom. The zero-order valence-corrected chi connectivity index (χ0v) is 35.7. The van der Waals surface area contributed by atoms with E-state index in [1.165, 1.54) is 36.8 Å². The molecule has 2 spiro atoms. The number of likely N-dealkylation sites (tertiary alicyclic amines) is 1. The summed E-state index contributed by atoms with van der Waals surface area (Å²) in [5.74, 6) is 1.44. The third kappa shape index (κ3) is 6.50. The molecule has 3 saturated heterocycles. The number of nitrogens with zero attached hydrogens (tertiary/aromatic N) is 4. The predicted octanol–water partition coefficient (Wildman–Crippen LogP) is 6.96. The van der Waals surface area contributed by atoms with Crippen LogP contribution >= 0.6 is 0 Å². The molecular weight excluding hydrogens is 791 g/mol. The van der Waals surface area contributed by atoms with E-state index in [0.717, 1.165) is 90.5 Å². The van der Waals surface area contributed by atoms with Crippen LogP contribution in [-0.2, 0) is 28.0 Å². The first kappa shape index (κ1) is 39.8. The van der Waals surface area contributed by atoms with Gasteiger partial charge in [-0.15, -0.1) is 0 Å². The van der Waals surface area contributed by atoms with Crippen molar-refractivity contribution in [2.45, 2.75) is 101 Å². The van der Waals surface area contributed by atoms with Gasteiger partial charge in [0, 0.05) is 88.1 Å². The fourth-order valence-electron chi connectivity index (χ4n) is 12.8. The van der Waals surface area contributed by atoms with Crippen LogP contribution in [0.1, 0.15) is 103 Å². The number of amides is 3. The van der Waals surface area contributed by atoms with Gasteiger partial charge in [-0.1, -0.05) is 30.3 Å². The number of fused-ring (bicyclic) bond motifs is 7. The maximum atomic E-state index is 14.1. The molecule has 0 radical (unpaired) electrons. The number of carbonyl (C=O) groups excluding carboxylic acids is 3. The van der Waals surface area contributed by atoms with Crippen LogP contribution in [0, 0.1) is 11.3 Å². The maximum Gasteiger partial charge on any atom is 0.255 e. The van der Waals surface area contributed by atoms with Gasteiger partial charge in [0.25, 0.3) is 12.3 Å². The molecule has 6 aliphatic heterocycles. The third-order valence-corrected chi connectivity index (χ3v) is 16.1. The van der Waals surface area contributed by atoms with Gasteiger partial charge in [-0.3, -0.25) is 24.6 Å². The number of anilines is 1. The van der Waals surface area contributed by atoms with Gasteiger partial charge in [-0.2, -0.15) is 0 Å². The minimum Gasteiger partial charge on any atom is -0.496 e. The van der Waals surface area contributed by atoms with E-state index in [0.29, 0.717) is 42.9 Å². The highest BCUT2D eigenvalue weighted by Gasteiger charge is 2.50. The molecule has 2 N–H and O–H groups in total. The molecule has 3 aromatic carbocycles. The number of H-pyrrole nitrogens is 1. The van der Waals surface area contributed by atoms with Gasteiger partial charge in [0.2, 0.25) is 11.8 Å². The van der Waals surface area contributed by atoms with E-state index in [-0.39, 0.29) is 42.3 Å². The van der Waals surface area contributed by atoms with Crippen LogP contribution in [0.2, 0.25) is 0 Å². The Morgan fingerprint density at radius 2 is 1.74 bits per heavy atom. The summed E-state index contributed by atoms with van der Waals surface area (Å²) in [6, 6.07) is 17.6. The van der Waals surface area contributed by atoms with Crippen molar-refractivity contribution in [3.63, 3.8) is 0 Å². The summed E-state index contributed by atoms with van der Waals surface area (Å²) >= 11 is 0. The number of piperidine rings is 3. The smallest absolute Gasteiger partial charge is 0.255 e. The second-order valence-corrected chi connectivity index (χ2v) is 19.5. The Labute approximate surface area is 361 Å². The number of imide groups is 1. The SMILES string of the molecule is COc1cc(N2CCC3(CC2)CC(CN2CCC4(CC2)COc2c4ccc4c2CN(C2CCC(=O)NC2=O)C4=O)C3)ccc1[C@@H]1c2[nH]c3ccccc3c2C[C@@H](C)N1CC(F)F. The maximum absolute atomic E-state index is 14.1. The molecular formula is C49H56F2N6O5. The molecule has 11 rings (SSSR count). The van der Waals surface area contributed by atoms with Gasteiger partial charge in [-0.25, -0.2) is 8.78 Å². The first-order chi connectivity index (χ1) is 30.0. The van der Waals surface area contributed by atoms with Crippen molar-refractivity contribution in [2.24, 2.45) is 11.3 Å². The number of methoxy groups -OCH3 is 1. The second-order valence-electron chi connectivity index (χ2n) is 19.5. The molecule has 13 heteroatoms. The lowest BCUT2D eigenvalue weighted by Gasteiger charge is -2.54. The zero-order chi connectivity index (χ0) is 42.5. The van der Waals surface area contributed by atoms with Crippen molar-refractivity contribution in [3.05, 3.63) is 88.1 Å². The Hall–Kier alpha value is -5.01. The summed E-state index contributed by atoms with van der Waals surface area (Å²) in [5.41, 5.74) is 8.32. The number of nitrogens with one attached hydrogen (secondary N) is 2. The Kier molecular flexibility index (Phi) is 9.68. The van der Waals surface area contributed by atoms with Crippen molar-refractivity contribution in [1.82, 2.24) is 25.0 Å². The number of rotatable bonds is 8. The summed E-state index contributed by atoms with van der Waals surface area (Å²) in [5, 5.41) is 3.56. The molecule has 1 saturated carbocycles. The number of aromatic amines is 1. The fraction of sp³-hybridized carbons (Fsp3) is 0.531. The van der Waals surface area contributed by atoms with E-state index in [2.05, 4.69) is 63.4 Å². The summed E-state index contributed by atoms with van der Waals surface area (Å²) in [6.07, 6.45) is 5.77. The molecule has 7 heterocycles. The zero-order valence-electron chi connectivity index (χ0n) is 35.7. The molecule has 1 aliphatic carbocycles. The lowest BCUT2D eigenvalue weighted by atomic mass is 9.57. The van der Waals surface area contributed by atoms with Gasteiger partial charge >= 0.3 is 0 Å². The molecule has 4 aromatic rings. The van der Waals surface area contributed by atoms with Gasteiger partial charge in [0.15, 0.2) is 0 Å². The van der Waals surface area contributed by atoms with Crippen LogP contribution in [0.15, 0.2) is 54.6 Å². The highest BCUT2D eigenvalue weighted by atomic mass is 19.3. The van der Waals surface area contributed by atoms with Crippen molar-refractivity contribution in [3.8, 4) is 11.5 Å². The summed E-state index contributed by atoms with van der Waals surface area (Å²) in [4.78, 5) is 50.1. The number of hydrogen-bond donors (Lipinski definition) is 2. The minimum absolute atomic E-state index is 0.0555. The molecule has 62 heavy (non-hydrogen) atoms. The number of alkyl halides is 2. The number of benzene rings is 3. The normalized spacial score (nSPS) is 25.9. The molecule has 326 valence electrons. The van der Waals surface area contributed by atoms with E-state index in [1.807, 2.05) is 23.1 Å². The monoisotopic (exact) mass is 846 g/mol. The van der Waals surface area contributed by atoms with Gasteiger partial charge in [0.1, 0.15) is 17.5 Å². The summed E-state index contributed by atoms with van der Waals surface area (Å²) in [7, 11) is 1.69. The van der Waals surface area contributed by atoms with Crippen LogP contribution in [0.25, 0.3) is 10.9 Å². The molecule has 7 aliphatic rings. The molecule has 3 amide bonds. The van der Waals surface area contributed by atoms with Gasteiger partial charge < -0.3 is 29.2 Å². The Morgan fingerprint density at radius 3 is 2.50 bits per heavy atom. The summed E-state index contributed by atoms with van der Waals surface area (Å²) < 4.78 is 40.7. The number of ether oxygens (including phenoxy) is 2. The highest BCUT2D eigenvalue weighted by Crippen LogP contribution is 2.55. The predicted molar refractivity (Wildman–Crippen MR) is 231 cm³/mol. The van der Waals surface area contributed by atoms with E-state index in [4.69, 9.17) is 9.47 Å². The van der Waals surface area contributed by atoms with Crippen LogP contribution in [0.3, 0.4) is 0 Å². The Balaban J connectivity index is 0.706. The number of aromatic nitrogens is 1. The van der Waals surface area contributed by atoms with E-state index in [1.54, 1.807) is 12.0 Å². The van der Waals surface area contributed by atoms with Crippen LogP contribution in [0.5, 0.6) is 11.5 Å². The van der Waals surface area contributed by atoms with Crippen molar-refractivity contribution >= 4 is 34.3 Å². The first-order valence-electron chi connectivity index (χ1n) is 22.7. The average Bonchev–Trinajstić information content (AvgIpc) is 3.92. The van der Waals surface area contributed by atoms with E-state index in [9.17, 15) is 23.2 Å². The molecule has 0 bridgehead atoms. The number of halogens is 2. The topological polar surface area (TPSA) is 110 Å². The van der Waals surface area contributed by atoms with Crippen molar-refractivity contribution in [2.75, 3.05) is 57.9 Å². The standard InChI is InChI=1S/C49H56F2N6O5/c1-29-21-35-32-5-3-4-6-38(32)52-43(35)44(56(29)27-41(50)51)34-8-7-31(22-40(34)61-2)55-19-13-48(14-20-55)23-30(24-48)25-54-17-15-49(16-18-54)28-62-45-36-26-57(39-11-12-42(58)53-46(39)59)47(60)33(36)9-10-37(45)49/h3-10,22,29-30,39,41,44,52H,11-21,23-28H2,1-2H3,(H,53,58,59)/t29-,39?,44-/m1/s1. The first-order valence-corrected chi connectivity index (χ1v) is 22.7. The highest BCUT2D eigenvalue weighted by molar-refractivity contribution is 6.06. The fourth-order valence-corrected chi connectivity index (χ4v) is 12.8. The van der Waals surface area contributed by atoms with Crippen molar-refractivity contribution < 1.29 is 32.6 Å². The number of hydrogen-bond acceptors (Lipinski definition) is 8. The minimum atomic E-state index is -2.44. The van der Waals surface area contributed by atoms with E-state index < -0.39 is 18.4 Å². The lowest BCUT2D eigenvalue weighted by molar-refractivity contribution is -0.136. The van der Waals surface area contributed by atoms with Crippen LogP contribution in [-0.4, -0.2) is 109 Å². The largest absolute Gasteiger partial charge is 0.496 e. The molecule has 1 unspecified atom stereocenters. The number of carbonyl (C=O) groups is 3. The van der Waals surface area contributed by atoms with Crippen molar-refractivity contribution in [1.29, 1.82) is 0 Å².